The van der Waals surface area contributed by atoms with Crippen molar-refractivity contribution in [3.63, 3.8) is 0 Å². The van der Waals surface area contributed by atoms with E-state index < -0.39 is 17.5 Å². The van der Waals surface area contributed by atoms with Crippen LogP contribution in [0.3, 0.4) is 0 Å². The second kappa shape index (κ2) is 5.36. The number of carbonyl (C=O) groups excluding carboxylic acids is 1. The van der Waals surface area contributed by atoms with Crippen molar-refractivity contribution < 1.29 is 22.7 Å². The van der Waals surface area contributed by atoms with E-state index in [1.807, 2.05) is 0 Å². The molecule has 2 nitrogen and oxygen atoms in total. The predicted molar refractivity (Wildman–Crippen MR) is 68.3 cm³/mol. The number of Topliss-reactive ketones (excluding diaryl/α,β-unsaturated/α-hetero) is 1. The van der Waals surface area contributed by atoms with Crippen molar-refractivity contribution in [3.8, 4) is 16.9 Å². The Labute approximate surface area is 113 Å². The summed E-state index contributed by atoms with van der Waals surface area (Å²) >= 11 is 0. The summed E-state index contributed by atoms with van der Waals surface area (Å²) in [5.74, 6) is -3.98. The van der Waals surface area contributed by atoms with Gasteiger partial charge in [-0.3, -0.25) is 4.79 Å². The van der Waals surface area contributed by atoms with Crippen LogP contribution in [0.1, 0.15) is 17.3 Å². The zero-order valence-corrected chi connectivity index (χ0v) is 10.8. The van der Waals surface area contributed by atoms with E-state index in [0.717, 1.165) is 12.1 Å². The minimum Gasteiger partial charge on any atom is -0.497 e. The summed E-state index contributed by atoms with van der Waals surface area (Å²) in [5.41, 5.74) is 0.653. The molecule has 5 heteroatoms. The topological polar surface area (TPSA) is 26.3 Å². The monoisotopic (exact) mass is 280 g/mol. The Hall–Kier alpha value is -2.30. The van der Waals surface area contributed by atoms with Crippen molar-refractivity contribution in [2.45, 2.75) is 6.92 Å². The van der Waals surface area contributed by atoms with Crippen molar-refractivity contribution in [1.29, 1.82) is 0 Å². The molecule has 20 heavy (non-hydrogen) atoms. The Morgan fingerprint density at radius 1 is 1.05 bits per heavy atom. The van der Waals surface area contributed by atoms with Gasteiger partial charge in [0.2, 0.25) is 0 Å². The number of carbonyl (C=O) groups is 1. The van der Waals surface area contributed by atoms with E-state index in [9.17, 15) is 18.0 Å². The van der Waals surface area contributed by atoms with Crippen LogP contribution in [0.15, 0.2) is 30.3 Å². The molecule has 0 N–H and O–H groups in total. The largest absolute Gasteiger partial charge is 0.497 e. The van der Waals surface area contributed by atoms with Gasteiger partial charge in [0.25, 0.3) is 0 Å². The van der Waals surface area contributed by atoms with Gasteiger partial charge in [0, 0.05) is 5.56 Å². The van der Waals surface area contributed by atoms with Crippen molar-refractivity contribution >= 4 is 5.78 Å². The van der Waals surface area contributed by atoms with Crippen molar-refractivity contribution in [3.05, 3.63) is 53.3 Å². The Kier molecular flexibility index (Phi) is 3.79. The van der Waals surface area contributed by atoms with Crippen LogP contribution in [0.5, 0.6) is 5.75 Å². The van der Waals surface area contributed by atoms with Gasteiger partial charge in [-0.1, -0.05) is 0 Å². The van der Waals surface area contributed by atoms with Crippen LogP contribution in [0.2, 0.25) is 0 Å². The number of ether oxygens (including phenoxy) is 1. The molecular formula is C15H11F3O2. The minimum absolute atomic E-state index is 0.0919. The minimum atomic E-state index is -1.54. The Bertz CT molecular complexity index is 658. The van der Waals surface area contributed by atoms with Crippen molar-refractivity contribution in [2.24, 2.45) is 0 Å². The number of hydrogen-bond donors (Lipinski definition) is 0. The molecule has 2 aromatic carbocycles. The first-order valence-electron chi connectivity index (χ1n) is 5.78. The van der Waals surface area contributed by atoms with E-state index in [-0.39, 0.29) is 16.9 Å². The van der Waals surface area contributed by atoms with E-state index >= 15 is 0 Å². The molecule has 0 atom stereocenters. The Balaban J connectivity index is 2.66. The second-order valence-corrected chi connectivity index (χ2v) is 4.22. The van der Waals surface area contributed by atoms with Gasteiger partial charge in [-0.2, -0.15) is 0 Å². The molecule has 0 aliphatic carbocycles. The SMILES string of the molecule is COc1ccc(-c2cc(F)c(F)c(F)c2)c(C(C)=O)c1. The number of methoxy groups -OCH3 is 1. The third-order valence-electron chi connectivity index (χ3n) is 2.90. The third-order valence-corrected chi connectivity index (χ3v) is 2.90. The molecule has 0 fully saturated rings. The summed E-state index contributed by atoms with van der Waals surface area (Å²) in [6, 6.07) is 6.23. The zero-order valence-electron chi connectivity index (χ0n) is 10.8. The fourth-order valence-electron chi connectivity index (χ4n) is 1.90. The van der Waals surface area contributed by atoms with Gasteiger partial charge >= 0.3 is 0 Å². The molecule has 2 aromatic rings. The molecule has 104 valence electrons. The standard InChI is InChI=1S/C15H11F3O2/c1-8(19)12-7-10(20-2)3-4-11(12)9-5-13(16)15(18)14(17)6-9/h3-7H,1-2H3. The molecular weight excluding hydrogens is 269 g/mol. The van der Waals surface area contributed by atoms with E-state index in [0.29, 0.717) is 11.3 Å². The average molecular weight is 280 g/mol. The molecule has 0 saturated heterocycles. The van der Waals surface area contributed by atoms with Gasteiger partial charge in [-0.25, -0.2) is 13.2 Å². The maximum atomic E-state index is 13.3. The Morgan fingerprint density at radius 2 is 1.65 bits per heavy atom. The number of hydrogen-bond acceptors (Lipinski definition) is 2. The number of rotatable bonds is 3. The number of ketones is 1. The fourth-order valence-corrected chi connectivity index (χ4v) is 1.90. The van der Waals surface area contributed by atoms with Gasteiger partial charge in [0.1, 0.15) is 5.75 Å². The number of benzene rings is 2. The summed E-state index contributed by atoms with van der Waals surface area (Å²) in [4.78, 5) is 11.6. The summed E-state index contributed by atoms with van der Waals surface area (Å²) in [6.07, 6.45) is 0. The molecule has 0 aliphatic heterocycles. The van der Waals surface area contributed by atoms with Crippen LogP contribution in [-0.2, 0) is 0 Å². The van der Waals surface area contributed by atoms with Gasteiger partial charge in [-0.15, -0.1) is 0 Å². The lowest BCUT2D eigenvalue weighted by Crippen LogP contribution is -1.99. The summed E-state index contributed by atoms with van der Waals surface area (Å²) in [7, 11) is 1.44. The van der Waals surface area contributed by atoms with Gasteiger partial charge in [-0.05, 0) is 48.4 Å². The first-order chi connectivity index (χ1) is 9.43. The Morgan fingerprint density at radius 3 is 2.15 bits per heavy atom. The number of halogens is 3. The van der Waals surface area contributed by atoms with Gasteiger partial charge in [0.05, 0.1) is 7.11 Å². The van der Waals surface area contributed by atoms with E-state index in [1.54, 1.807) is 6.07 Å². The lowest BCUT2D eigenvalue weighted by atomic mass is 9.97. The highest BCUT2D eigenvalue weighted by Crippen LogP contribution is 2.29. The van der Waals surface area contributed by atoms with E-state index in [1.165, 1.54) is 26.2 Å². The molecule has 0 heterocycles. The smallest absolute Gasteiger partial charge is 0.194 e. The van der Waals surface area contributed by atoms with Crippen LogP contribution in [0, 0.1) is 17.5 Å². The molecule has 0 spiro atoms. The zero-order chi connectivity index (χ0) is 14.9. The highest BCUT2D eigenvalue weighted by Gasteiger charge is 2.16. The first-order valence-corrected chi connectivity index (χ1v) is 5.78. The molecule has 0 bridgehead atoms. The van der Waals surface area contributed by atoms with Crippen molar-refractivity contribution in [1.82, 2.24) is 0 Å². The maximum absolute atomic E-state index is 13.3. The molecule has 2 rings (SSSR count). The quantitative estimate of drug-likeness (QED) is 0.628. The van der Waals surface area contributed by atoms with Crippen LogP contribution in [0.25, 0.3) is 11.1 Å². The normalized spacial score (nSPS) is 10.4. The van der Waals surface area contributed by atoms with Gasteiger partial charge in [0.15, 0.2) is 23.2 Å². The lowest BCUT2D eigenvalue weighted by Gasteiger charge is -2.10. The maximum Gasteiger partial charge on any atom is 0.194 e. The van der Waals surface area contributed by atoms with Crippen LogP contribution >= 0.6 is 0 Å². The van der Waals surface area contributed by atoms with E-state index in [4.69, 9.17) is 4.74 Å². The molecule has 0 amide bonds. The van der Waals surface area contributed by atoms with E-state index in [2.05, 4.69) is 0 Å². The molecule has 0 unspecified atom stereocenters. The predicted octanol–water partition coefficient (Wildman–Crippen LogP) is 3.98. The third kappa shape index (κ3) is 2.52. The molecule has 0 aromatic heterocycles. The fraction of sp³-hybridized carbons (Fsp3) is 0.133. The van der Waals surface area contributed by atoms with Crippen molar-refractivity contribution in [2.75, 3.05) is 7.11 Å². The molecule has 0 aliphatic rings. The first kappa shape index (κ1) is 14.1. The van der Waals surface area contributed by atoms with Gasteiger partial charge < -0.3 is 4.74 Å². The van der Waals surface area contributed by atoms with Crippen LogP contribution in [-0.4, -0.2) is 12.9 Å². The van der Waals surface area contributed by atoms with Crippen LogP contribution in [0.4, 0.5) is 13.2 Å². The highest BCUT2D eigenvalue weighted by molar-refractivity contribution is 6.01. The van der Waals surface area contributed by atoms with Crippen LogP contribution < -0.4 is 4.74 Å². The summed E-state index contributed by atoms with van der Waals surface area (Å²) in [6.45, 7) is 1.33. The molecule has 0 radical (unpaired) electrons. The lowest BCUT2D eigenvalue weighted by molar-refractivity contribution is 0.101. The average Bonchev–Trinajstić information content (AvgIpc) is 2.43. The summed E-state index contributed by atoms with van der Waals surface area (Å²) < 4.78 is 44.5. The summed E-state index contributed by atoms with van der Waals surface area (Å²) in [5, 5.41) is 0. The highest BCUT2D eigenvalue weighted by atomic mass is 19.2. The second-order valence-electron chi connectivity index (χ2n) is 4.22. The molecule has 0 saturated carbocycles.